The third-order valence-electron chi connectivity index (χ3n) is 7.08. The fourth-order valence-electron chi connectivity index (χ4n) is 6.62. The summed E-state index contributed by atoms with van der Waals surface area (Å²) in [6, 6.07) is 10.7. The second kappa shape index (κ2) is 4.47. The van der Waals surface area contributed by atoms with Crippen LogP contribution >= 0.6 is 0 Å². The summed E-state index contributed by atoms with van der Waals surface area (Å²) in [5.74, 6) is 4.72. The quantitative estimate of drug-likeness (QED) is 0.473. The van der Waals surface area contributed by atoms with Crippen LogP contribution in [0.2, 0.25) is 0 Å². The average Bonchev–Trinajstić information content (AvgIpc) is 3.31. The first kappa shape index (κ1) is 12.9. The van der Waals surface area contributed by atoms with Crippen LogP contribution in [-0.4, -0.2) is 13.1 Å². The van der Waals surface area contributed by atoms with E-state index in [0.29, 0.717) is 17.8 Å². The summed E-state index contributed by atoms with van der Waals surface area (Å²) in [6.07, 6.45) is 7.45. The Morgan fingerprint density at radius 1 is 1.00 bits per heavy atom. The zero-order valence-corrected chi connectivity index (χ0v) is 12.9. The van der Waals surface area contributed by atoms with E-state index in [9.17, 15) is 4.79 Å². The van der Waals surface area contributed by atoms with Crippen molar-refractivity contribution in [2.45, 2.75) is 18.8 Å². The molecule has 114 valence electrons. The summed E-state index contributed by atoms with van der Waals surface area (Å²) >= 11 is 0. The Hall–Kier alpha value is -1.57. The number of benzene rings is 1. The lowest BCUT2D eigenvalue weighted by molar-refractivity contribution is -0.149. The van der Waals surface area contributed by atoms with Gasteiger partial charge in [-0.1, -0.05) is 42.5 Å². The van der Waals surface area contributed by atoms with E-state index in [1.165, 1.54) is 18.4 Å². The molecule has 1 aromatic rings. The highest BCUT2D eigenvalue weighted by molar-refractivity contribution is 5.75. The Morgan fingerprint density at radius 3 is 2.36 bits per heavy atom. The summed E-state index contributed by atoms with van der Waals surface area (Å²) in [6.45, 7) is 0. The topological polar surface area (TPSA) is 26.3 Å². The summed E-state index contributed by atoms with van der Waals surface area (Å²) in [4.78, 5) is 12.5. The Balaban J connectivity index is 1.59. The molecule has 2 nitrogen and oxygen atoms in total. The molecule has 0 amide bonds. The highest BCUT2D eigenvalue weighted by atomic mass is 16.5. The van der Waals surface area contributed by atoms with Crippen LogP contribution in [0.4, 0.5) is 0 Å². The maximum Gasteiger partial charge on any atom is 0.309 e. The van der Waals surface area contributed by atoms with E-state index in [1.54, 1.807) is 7.11 Å². The van der Waals surface area contributed by atoms with E-state index in [2.05, 4.69) is 42.5 Å². The minimum Gasteiger partial charge on any atom is -0.469 e. The van der Waals surface area contributed by atoms with Crippen LogP contribution in [0, 0.1) is 41.4 Å². The molecule has 3 saturated carbocycles. The van der Waals surface area contributed by atoms with Crippen molar-refractivity contribution in [2.75, 3.05) is 7.11 Å². The van der Waals surface area contributed by atoms with Crippen molar-refractivity contribution in [1.82, 2.24) is 0 Å². The fraction of sp³-hybridized carbons (Fsp3) is 0.550. The van der Waals surface area contributed by atoms with Gasteiger partial charge in [0.1, 0.15) is 0 Å². The highest BCUT2D eigenvalue weighted by Crippen LogP contribution is 2.70. The van der Waals surface area contributed by atoms with E-state index in [4.69, 9.17) is 4.74 Å². The summed E-state index contributed by atoms with van der Waals surface area (Å²) in [5, 5.41) is 0. The van der Waals surface area contributed by atoms with Gasteiger partial charge in [0.15, 0.2) is 0 Å². The molecule has 3 fully saturated rings. The van der Waals surface area contributed by atoms with Gasteiger partial charge in [-0.3, -0.25) is 4.79 Å². The molecule has 4 bridgehead atoms. The smallest absolute Gasteiger partial charge is 0.309 e. The van der Waals surface area contributed by atoms with Crippen molar-refractivity contribution < 1.29 is 9.53 Å². The van der Waals surface area contributed by atoms with Gasteiger partial charge in [0.2, 0.25) is 0 Å². The molecule has 0 N–H and O–H groups in total. The van der Waals surface area contributed by atoms with E-state index in [0.717, 1.165) is 23.7 Å². The van der Waals surface area contributed by atoms with Crippen molar-refractivity contribution in [3.05, 3.63) is 48.0 Å². The second-order valence-electron chi connectivity index (χ2n) is 7.65. The van der Waals surface area contributed by atoms with Crippen molar-refractivity contribution >= 4 is 5.97 Å². The van der Waals surface area contributed by atoms with Gasteiger partial charge in [0.05, 0.1) is 13.0 Å². The summed E-state index contributed by atoms with van der Waals surface area (Å²) in [5.41, 5.74) is 1.34. The first-order valence-corrected chi connectivity index (χ1v) is 8.60. The number of carbonyl (C=O) groups is 1. The normalized spacial score (nSPS) is 47.0. The highest BCUT2D eigenvalue weighted by Gasteiger charge is 2.66. The molecule has 0 aliphatic heterocycles. The lowest BCUT2D eigenvalue weighted by Gasteiger charge is -2.41. The second-order valence-corrected chi connectivity index (χ2v) is 7.65. The molecule has 4 aliphatic rings. The van der Waals surface area contributed by atoms with Crippen LogP contribution < -0.4 is 0 Å². The van der Waals surface area contributed by atoms with Gasteiger partial charge in [-0.2, -0.15) is 0 Å². The molecule has 0 saturated heterocycles. The van der Waals surface area contributed by atoms with E-state index in [-0.39, 0.29) is 11.9 Å². The van der Waals surface area contributed by atoms with Crippen LogP contribution in [0.15, 0.2) is 42.5 Å². The van der Waals surface area contributed by atoms with Gasteiger partial charge >= 0.3 is 5.97 Å². The first-order valence-electron chi connectivity index (χ1n) is 8.60. The molecule has 22 heavy (non-hydrogen) atoms. The number of methoxy groups -OCH3 is 1. The molecule has 8 unspecified atom stereocenters. The van der Waals surface area contributed by atoms with Gasteiger partial charge in [-0.25, -0.2) is 0 Å². The third kappa shape index (κ3) is 1.48. The Kier molecular flexibility index (Phi) is 2.62. The molecule has 1 aromatic carbocycles. The van der Waals surface area contributed by atoms with Crippen LogP contribution in [0.3, 0.4) is 0 Å². The van der Waals surface area contributed by atoms with Gasteiger partial charge in [0.25, 0.3) is 0 Å². The zero-order valence-electron chi connectivity index (χ0n) is 12.9. The van der Waals surface area contributed by atoms with Crippen molar-refractivity contribution in [2.24, 2.45) is 41.4 Å². The summed E-state index contributed by atoms with van der Waals surface area (Å²) < 4.78 is 5.21. The molecule has 0 radical (unpaired) electrons. The van der Waals surface area contributed by atoms with E-state index >= 15 is 0 Å². The van der Waals surface area contributed by atoms with E-state index in [1.807, 2.05) is 0 Å². The van der Waals surface area contributed by atoms with Gasteiger partial charge in [-0.05, 0) is 53.9 Å². The molecule has 0 spiro atoms. The molecule has 0 heterocycles. The number of esters is 1. The van der Waals surface area contributed by atoms with Crippen LogP contribution in [-0.2, 0) is 9.53 Å². The summed E-state index contributed by atoms with van der Waals surface area (Å²) in [7, 11) is 1.55. The number of hydrogen-bond donors (Lipinski definition) is 0. The Morgan fingerprint density at radius 2 is 1.68 bits per heavy atom. The molecule has 8 atom stereocenters. The maximum atomic E-state index is 12.5. The lowest BCUT2D eigenvalue weighted by Crippen LogP contribution is -2.39. The van der Waals surface area contributed by atoms with Gasteiger partial charge < -0.3 is 4.74 Å². The number of rotatable bonds is 2. The third-order valence-corrected chi connectivity index (χ3v) is 7.08. The number of carbonyl (C=O) groups excluding carboxylic acids is 1. The Labute approximate surface area is 131 Å². The average molecular weight is 294 g/mol. The minimum absolute atomic E-state index is 0.0200. The number of ether oxygens (including phenoxy) is 1. The molecule has 5 rings (SSSR count). The van der Waals surface area contributed by atoms with E-state index < -0.39 is 0 Å². The molecular weight excluding hydrogens is 272 g/mol. The van der Waals surface area contributed by atoms with Crippen LogP contribution in [0.25, 0.3) is 0 Å². The number of hydrogen-bond acceptors (Lipinski definition) is 2. The first-order chi connectivity index (χ1) is 10.8. The maximum absolute atomic E-state index is 12.5. The van der Waals surface area contributed by atoms with Crippen LogP contribution in [0.1, 0.15) is 24.3 Å². The minimum atomic E-state index is 0.0200. The van der Waals surface area contributed by atoms with Gasteiger partial charge in [0, 0.05) is 5.92 Å². The number of fused-ring (bicyclic) bond motifs is 9. The fourth-order valence-corrected chi connectivity index (χ4v) is 6.62. The zero-order chi connectivity index (χ0) is 14.8. The molecule has 2 heteroatoms. The predicted octanol–water partition coefficient (Wildman–Crippen LogP) is 3.65. The predicted molar refractivity (Wildman–Crippen MR) is 84.0 cm³/mol. The van der Waals surface area contributed by atoms with Crippen molar-refractivity contribution in [1.29, 1.82) is 0 Å². The SMILES string of the molecule is COC(=O)C1C2CC(C1c1ccccc1)C1C3C=CC(C3)C21. The van der Waals surface area contributed by atoms with Crippen molar-refractivity contribution in [3.63, 3.8) is 0 Å². The number of allylic oxidation sites excluding steroid dienone is 2. The molecule has 0 aromatic heterocycles. The molecular formula is C20H22O2. The van der Waals surface area contributed by atoms with Crippen molar-refractivity contribution in [3.8, 4) is 0 Å². The Bertz CT molecular complexity index is 634. The monoisotopic (exact) mass is 294 g/mol. The molecule has 4 aliphatic carbocycles. The van der Waals surface area contributed by atoms with Gasteiger partial charge in [-0.15, -0.1) is 0 Å². The standard InChI is InChI=1S/C20H22O2/c1-22-20(21)19-15-10-14(16(19)11-5-3-2-4-6-11)17-12-7-8-13(9-12)18(15)17/h2-8,12-19H,9-10H2,1H3. The lowest BCUT2D eigenvalue weighted by atomic mass is 9.63. The largest absolute Gasteiger partial charge is 0.469 e. The van der Waals surface area contributed by atoms with Crippen LogP contribution in [0.5, 0.6) is 0 Å².